The molecule has 0 spiro atoms. The van der Waals surface area contributed by atoms with Crippen LogP contribution in [0, 0.1) is 11.3 Å². The quantitative estimate of drug-likeness (QED) is 0.519. The van der Waals surface area contributed by atoms with Crippen molar-refractivity contribution >= 4 is 30.2 Å². The molecule has 0 aliphatic rings. The summed E-state index contributed by atoms with van der Waals surface area (Å²) in [5.74, 6) is -0.0825. The van der Waals surface area contributed by atoms with Crippen molar-refractivity contribution < 1.29 is 9.53 Å². The summed E-state index contributed by atoms with van der Waals surface area (Å²) in [6.07, 6.45) is 0.110. The molecule has 0 unspecified atom stereocenters. The van der Waals surface area contributed by atoms with E-state index in [2.05, 4.69) is 12.6 Å². The number of benzene rings is 1. The summed E-state index contributed by atoms with van der Waals surface area (Å²) in [4.78, 5) is 12.0. The zero-order valence-corrected chi connectivity index (χ0v) is 11.0. The molecule has 0 heterocycles. The van der Waals surface area contributed by atoms with Crippen molar-refractivity contribution in [2.75, 3.05) is 6.61 Å². The third-order valence-corrected chi connectivity index (χ3v) is 2.89. The maximum atomic E-state index is 11.4. The number of hydrogen-bond acceptors (Lipinski definition) is 4. The Labute approximate surface area is 111 Å². The lowest BCUT2D eigenvalue weighted by Gasteiger charge is -2.10. The molecular formula is C12H12ClNO2S. The first-order chi connectivity index (χ1) is 8.12. The smallest absolute Gasteiger partial charge is 0.310 e. The largest absolute Gasteiger partial charge is 0.466 e. The second-order valence-corrected chi connectivity index (χ2v) is 4.11. The lowest BCUT2D eigenvalue weighted by Crippen LogP contribution is -2.09. The van der Waals surface area contributed by atoms with Crippen LogP contribution in [-0.2, 0) is 21.8 Å². The molecule has 1 aromatic carbocycles. The Morgan fingerprint density at radius 3 is 2.82 bits per heavy atom. The molecule has 5 heteroatoms. The van der Waals surface area contributed by atoms with E-state index in [1.165, 1.54) is 0 Å². The van der Waals surface area contributed by atoms with E-state index in [-0.39, 0.29) is 18.3 Å². The first kappa shape index (κ1) is 13.9. The van der Waals surface area contributed by atoms with Crippen LogP contribution in [0.1, 0.15) is 23.6 Å². The van der Waals surface area contributed by atoms with Crippen LogP contribution < -0.4 is 0 Å². The Hall–Kier alpha value is -1.18. The van der Waals surface area contributed by atoms with Gasteiger partial charge in [-0.25, -0.2) is 0 Å². The molecule has 0 aliphatic heterocycles. The highest BCUT2D eigenvalue weighted by atomic mass is 35.5. The number of carbonyl (C=O) groups is 1. The van der Waals surface area contributed by atoms with Crippen LogP contribution in [0.5, 0.6) is 0 Å². The summed E-state index contributed by atoms with van der Waals surface area (Å²) in [6, 6.07) is 5.30. The predicted octanol–water partition coefficient (Wildman–Crippen LogP) is 2.69. The van der Waals surface area contributed by atoms with Crippen LogP contribution in [0.25, 0.3) is 0 Å². The monoisotopic (exact) mass is 269 g/mol. The van der Waals surface area contributed by atoms with Gasteiger partial charge in [-0.05, 0) is 30.2 Å². The normalized spacial score (nSPS) is 9.76. The molecule has 0 N–H and O–H groups in total. The number of halogens is 1. The van der Waals surface area contributed by atoms with Gasteiger partial charge in [-0.3, -0.25) is 4.79 Å². The zero-order valence-electron chi connectivity index (χ0n) is 9.36. The number of nitriles is 1. The molecule has 0 atom stereocenters. The fourth-order valence-corrected chi connectivity index (χ4v) is 2.23. The fourth-order valence-electron chi connectivity index (χ4n) is 1.46. The summed E-state index contributed by atoms with van der Waals surface area (Å²) in [6.45, 7) is 2.08. The number of thiol groups is 1. The zero-order chi connectivity index (χ0) is 12.8. The van der Waals surface area contributed by atoms with Crippen molar-refractivity contribution in [3.63, 3.8) is 0 Å². The Morgan fingerprint density at radius 1 is 1.59 bits per heavy atom. The number of alkyl halides is 1. The van der Waals surface area contributed by atoms with Gasteiger partial charge in [0.05, 0.1) is 24.7 Å². The van der Waals surface area contributed by atoms with Crippen LogP contribution in [0.15, 0.2) is 17.0 Å². The Kier molecular flexibility index (Phi) is 5.33. The molecule has 1 aromatic rings. The highest BCUT2D eigenvalue weighted by Crippen LogP contribution is 2.23. The second-order valence-electron chi connectivity index (χ2n) is 3.36. The summed E-state index contributed by atoms with van der Waals surface area (Å²) in [5.41, 5.74) is 1.92. The van der Waals surface area contributed by atoms with Gasteiger partial charge in [-0.2, -0.15) is 5.26 Å². The molecule has 90 valence electrons. The van der Waals surface area contributed by atoms with Crippen molar-refractivity contribution in [1.82, 2.24) is 0 Å². The number of nitrogens with zero attached hydrogens (tertiary/aromatic N) is 1. The Balaban J connectivity index is 3.08. The molecule has 0 aliphatic carbocycles. The highest BCUT2D eigenvalue weighted by Gasteiger charge is 2.12. The third-order valence-electron chi connectivity index (χ3n) is 2.22. The minimum Gasteiger partial charge on any atom is -0.466 e. The molecule has 0 bridgehead atoms. The van der Waals surface area contributed by atoms with Crippen LogP contribution in [0.3, 0.4) is 0 Å². The van der Waals surface area contributed by atoms with E-state index in [0.29, 0.717) is 22.6 Å². The Morgan fingerprint density at radius 2 is 2.29 bits per heavy atom. The number of hydrogen-bond donors (Lipinski definition) is 1. The molecule has 0 amide bonds. The third kappa shape index (κ3) is 3.65. The van der Waals surface area contributed by atoms with Crippen LogP contribution in [0.2, 0.25) is 0 Å². The first-order valence-electron chi connectivity index (χ1n) is 5.08. The number of rotatable bonds is 4. The topological polar surface area (TPSA) is 50.1 Å². The second kappa shape index (κ2) is 6.53. The number of ether oxygens (including phenoxy) is 1. The SMILES string of the molecule is CCOC(=O)Cc1cc(C#N)cc(S)c1CCl. The van der Waals surface area contributed by atoms with Crippen molar-refractivity contribution in [3.05, 3.63) is 28.8 Å². The average molecular weight is 270 g/mol. The predicted molar refractivity (Wildman–Crippen MR) is 68.3 cm³/mol. The molecule has 0 radical (unpaired) electrons. The van der Waals surface area contributed by atoms with E-state index in [4.69, 9.17) is 21.6 Å². The molecule has 0 aromatic heterocycles. The van der Waals surface area contributed by atoms with Crippen molar-refractivity contribution in [3.8, 4) is 6.07 Å². The van der Waals surface area contributed by atoms with E-state index in [9.17, 15) is 4.79 Å². The summed E-state index contributed by atoms with van der Waals surface area (Å²) in [5, 5.41) is 8.85. The van der Waals surface area contributed by atoms with Crippen LogP contribution in [-0.4, -0.2) is 12.6 Å². The van der Waals surface area contributed by atoms with Gasteiger partial charge in [-0.1, -0.05) is 0 Å². The highest BCUT2D eigenvalue weighted by molar-refractivity contribution is 7.80. The van der Waals surface area contributed by atoms with Gasteiger partial charge in [-0.15, -0.1) is 24.2 Å². The van der Waals surface area contributed by atoms with Gasteiger partial charge in [0.15, 0.2) is 0 Å². The molecule has 17 heavy (non-hydrogen) atoms. The minimum atomic E-state index is -0.332. The van der Waals surface area contributed by atoms with Gasteiger partial charge in [0.25, 0.3) is 0 Å². The molecule has 0 fully saturated rings. The van der Waals surface area contributed by atoms with Gasteiger partial charge in [0.2, 0.25) is 0 Å². The standard InChI is InChI=1S/C12H12ClNO2S/c1-2-16-12(15)5-9-3-8(7-14)4-11(17)10(9)6-13/h3-4,17H,2,5-6H2,1H3. The summed E-state index contributed by atoms with van der Waals surface area (Å²) < 4.78 is 4.87. The van der Waals surface area contributed by atoms with E-state index < -0.39 is 0 Å². The molecule has 0 saturated carbocycles. The first-order valence-corrected chi connectivity index (χ1v) is 6.07. The molecule has 3 nitrogen and oxygen atoms in total. The minimum absolute atomic E-state index is 0.110. The number of esters is 1. The van der Waals surface area contributed by atoms with Crippen molar-refractivity contribution in [2.24, 2.45) is 0 Å². The van der Waals surface area contributed by atoms with E-state index >= 15 is 0 Å². The summed E-state index contributed by atoms with van der Waals surface area (Å²) in [7, 11) is 0. The van der Waals surface area contributed by atoms with E-state index in [1.54, 1.807) is 19.1 Å². The van der Waals surface area contributed by atoms with Crippen LogP contribution >= 0.6 is 24.2 Å². The lowest BCUT2D eigenvalue weighted by atomic mass is 10.0. The maximum Gasteiger partial charge on any atom is 0.310 e. The van der Waals surface area contributed by atoms with Crippen molar-refractivity contribution in [1.29, 1.82) is 5.26 Å². The molecular weight excluding hydrogens is 258 g/mol. The Bertz CT molecular complexity index is 468. The van der Waals surface area contributed by atoms with Crippen LogP contribution in [0.4, 0.5) is 0 Å². The summed E-state index contributed by atoms with van der Waals surface area (Å²) >= 11 is 10.1. The lowest BCUT2D eigenvalue weighted by molar-refractivity contribution is -0.142. The van der Waals surface area contributed by atoms with Crippen molar-refractivity contribution in [2.45, 2.75) is 24.1 Å². The van der Waals surface area contributed by atoms with E-state index in [0.717, 1.165) is 5.56 Å². The van der Waals surface area contributed by atoms with Gasteiger partial charge >= 0.3 is 5.97 Å². The molecule has 1 rings (SSSR count). The fraction of sp³-hybridized carbons (Fsp3) is 0.333. The average Bonchev–Trinajstić information content (AvgIpc) is 2.28. The van der Waals surface area contributed by atoms with Gasteiger partial charge < -0.3 is 4.74 Å². The number of carbonyl (C=O) groups excluding carboxylic acids is 1. The van der Waals surface area contributed by atoms with Gasteiger partial charge in [0.1, 0.15) is 0 Å². The molecule has 0 saturated heterocycles. The van der Waals surface area contributed by atoms with E-state index in [1.807, 2.05) is 6.07 Å². The van der Waals surface area contributed by atoms with Gasteiger partial charge in [0, 0.05) is 10.8 Å². The maximum absolute atomic E-state index is 11.4.